The van der Waals surface area contributed by atoms with E-state index in [0.29, 0.717) is 44.1 Å². The summed E-state index contributed by atoms with van der Waals surface area (Å²) in [5.41, 5.74) is 0.958. The normalized spacial score (nSPS) is 14.9. The first-order valence-corrected chi connectivity index (χ1v) is 7.84. The van der Waals surface area contributed by atoms with E-state index in [4.69, 9.17) is 4.74 Å². The van der Waals surface area contributed by atoms with Crippen LogP contribution in [0.25, 0.3) is 5.52 Å². The van der Waals surface area contributed by atoms with Crippen LogP contribution in [0.1, 0.15) is 34.5 Å². The zero-order chi connectivity index (χ0) is 16.2. The molecule has 1 saturated heterocycles. The van der Waals surface area contributed by atoms with Crippen LogP contribution in [0.3, 0.4) is 0 Å². The minimum absolute atomic E-state index is 0.161. The average Bonchev–Trinajstić information content (AvgIpc) is 2.99. The zero-order valence-corrected chi connectivity index (χ0v) is 13.1. The second-order valence-corrected chi connectivity index (χ2v) is 5.40. The molecule has 1 fully saturated rings. The Kier molecular flexibility index (Phi) is 4.57. The SMILES string of the molecule is CCCNC(=O)c1nc(C(=O)N2CCOCC2)c2ccccn12. The summed E-state index contributed by atoms with van der Waals surface area (Å²) in [6, 6.07) is 5.45. The van der Waals surface area contributed by atoms with Crippen LogP contribution in [0.15, 0.2) is 24.4 Å². The monoisotopic (exact) mass is 316 g/mol. The van der Waals surface area contributed by atoms with Crippen LogP contribution < -0.4 is 5.32 Å². The number of nitrogens with one attached hydrogen (secondary N) is 1. The quantitative estimate of drug-likeness (QED) is 0.911. The van der Waals surface area contributed by atoms with Crippen molar-refractivity contribution in [1.29, 1.82) is 0 Å². The first-order valence-electron chi connectivity index (χ1n) is 7.84. The van der Waals surface area contributed by atoms with Gasteiger partial charge in [-0.05, 0) is 18.6 Å². The molecule has 3 heterocycles. The fraction of sp³-hybridized carbons (Fsp3) is 0.438. The predicted octanol–water partition coefficient (Wildman–Crippen LogP) is 0.946. The Morgan fingerprint density at radius 1 is 1.30 bits per heavy atom. The number of ether oxygens (including phenoxy) is 1. The number of morpholine rings is 1. The van der Waals surface area contributed by atoms with Gasteiger partial charge < -0.3 is 15.0 Å². The van der Waals surface area contributed by atoms with Crippen LogP contribution in [0.5, 0.6) is 0 Å². The number of carbonyl (C=O) groups excluding carboxylic acids is 2. The average molecular weight is 316 g/mol. The van der Waals surface area contributed by atoms with Crippen molar-refractivity contribution >= 4 is 17.3 Å². The number of hydrogen-bond acceptors (Lipinski definition) is 4. The fourth-order valence-electron chi connectivity index (χ4n) is 2.59. The molecule has 7 nitrogen and oxygen atoms in total. The molecule has 0 unspecified atom stereocenters. The molecule has 122 valence electrons. The highest BCUT2D eigenvalue weighted by Crippen LogP contribution is 2.16. The van der Waals surface area contributed by atoms with Gasteiger partial charge in [-0.25, -0.2) is 4.98 Å². The van der Waals surface area contributed by atoms with E-state index in [1.165, 1.54) is 0 Å². The standard InChI is InChI=1S/C16H20N4O3/c1-2-6-17-15(21)14-18-13(12-5-3-4-7-20(12)14)16(22)19-8-10-23-11-9-19/h3-5,7H,2,6,8-11H2,1H3,(H,17,21). The van der Waals surface area contributed by atoms with Gasteiger partial charge in [0.2, 0.25) is 5.82 Å². The Labute approximate surface area is 134 Å². The van der Waals surface area contributed by atoms with E-state index in [2.05, 4.69) is 10.3 Å². The van der Waals surface area contributed by atoms with Gasteiger partial charge in [0.15, 0.2) is 5.69 Å². The van der Waals surface area contributed by atoms with E-state index in [0.717, 1.165) is 6.42 Å². The predicted molar refractivity (Wildman–Crippen MR) is 84.5 cm³/mol. The van der Waals surface area contributed by atoms with Gasteiger partial charge in [0.1, 0.15) is 0 Å². The number of fused-ring (bicyclic) bond motifs is 1. The first-order chi connectivity index (χ1) is 11.2. The van der Waals surface area contributed by atoms with Gasteiger partial charge in [-0.3, -0.25) is 14.0 Å². The summed E-state index contributed by atoms with van der Waals surface area (Å²) in [5, 5.41) is 2.81. The molecule has 23 heavy (non-hydrogen) atoms. The van der Waals surface area contributed by atoms with Crippen molar-refractivity contribution in [3.63, 3.8) is 0 Å². The third-order valence-corrected chi connectivity index (χ3v) is 3.79. The van der Waals surface area contributed by atoms with Crippen LogP contribution >= 0.6 is 0 Å². The molecule has 2 aromatic heterocycles. The molecule has 3 rings (SSSR count). The molecule has 0 aromatic carbocycles. The zero-order valence-electron chi connectivity index (χ0n) is 13.1. The number of aromatic nitrogens is 2. The van der Waals surface area contributed by atoms with E-state index in [1.807, 2.05) is 19.1 Å². The maximum absolute atomic E-state index is 12.7. The van der Waals surface area contributed by atoms with E-state index >= 15 is 0 Å². The van der Waals surface area contributed by atoms with Crippen LogP contribution in [0.2, 0.25) is 0 Å². The van der Waals surface area contributed by atoms with Crippen molar-refractivity contribution in [1.82, 2.24) is 19.6 Å². The lowest BCUT2D eigenvalue weighted by molar-refractivity contribution is 0.0300. The summed E-state index contributed by atoms with van der Waals surface area (Å²) in [6.07, 6.45) is 2.59. The third-order valence-electron chi connectivity index (χ3n) is 3.79. The summed E-state index contributed by atoms with van der Waals surface area (Å²) in [4.78, 5) is 31.1. The van der Waals surface area contributed by atoms with Crippen molar-refractivity contribution in [2.75, 3.05) is 32.8 Å². The van der Waals surface area contributed by atoms with Crippen LogP contribution in [-0.2, 0) is 4.74 Å². The van der Waals surface area contributed by atoms with Gasteiger partial charge >= 0.3 is 0 Å². The summed E-state index contributed by atoms with van der Waals surface area (Å²) >= 11 is 0. The number of nitrogens with zero attached hydrogens (tertiary/aromatic N) is 3. The maximum Gasteiger partial charge on any atom is 0.287 e. The molecule has 1 aliphatic rings. The fourth-order valence-corrected chi connectivity index (χ4v) is 2.59. The van der Waals surface area contributed by atoms with Crippen molar-refractivity contribution < 1.29 is 14.3 Å². The van der Waals surface area contributed by atoms with Gasteiger partial charge in [-0.15, -0.1) is 0 Å². The largest absolute Gasteiger partial charge is 0.378 e. The Morgan fingerprint density at radius 2 is 2.09 bits per heavy atom. The summed E-state index contributed by atoms with van der Waals surface area (Å²) in [6.45, 7) is 4.71. The topological polar surface area (TPSA) is 75.9 Å². The molecule has 0 radical (unpaired) electrons. The van der Waals surface area contributed by atoms with Gasteiger partial charge in [0.25, 0.3) is 11.8 Å². The molecule has 0 saturated carbocycles. The minimum atomic E-state index is -0.269. The van der Waals surface area contributed by atoms with Crippen molar-refractivity contribution in [2.24, 2.45) is 0 Å². The van der Waals surface area contributed by atoms with E-state index in [1.54, 1.807) is 21.6 Å². The number of imidazole rings is 1. The molecule has 0 spiro atoms. The molecule has 1 N–H and O–H groups in total. The Hall–Kier alpha value is -2.41. The smallest absolute Gasteiger partial charge is 0.287 e. The third kappa shape index (κ3) is 3.05. The van der Waals surface area contributed by atoms with Gasteiger partial charge in [-0.2, -0.15) is 0 Å². The summed E-state index contributed by atoms with van der Waals surface area (Å²) in [7, 11) is 0. The highest BCUT2D eigenvalue weighted by molar-refractivity contribution is 6.02. The molecule has 7 heteroatoms. The van der Waals surface area contributed by atoms with E-state index < -0.39 is 0 Å². The number of pyridine rings is 1. The lowest BCUT2D eigenvalue weighted by Gasteiger charge is -2.26. The molecule has 2 aromatic rings. The molecular weight excluding hydrogens is 296 g/mol. The molecule has 0 aliphatic carbocycles. The molecule has 1 aliphatic heterocycles. The number of hydrogen-bond donors (Lipinski definition) is 1. The highest BCUT2D eigenvalue weighted by atomic mass is 16.5. The minimum Gasteiger partial charge on any atom is -0.378 e. The van der Waals surface area contributed by atoms with Crippen LogP contribution in [0.4, 0.5) is 0 Å². The Bertz CT molecular complexity index is 719. The Morgan fingerprint density at radius 3 is 2.83 bits per heavy atom. The molecule has 0 bridgehead atoms. The summed E-state index contributed by atoms with van der Waals surface area (Å²) < 4.78 is 6.94. The maximum atomic E-state index is 12.7. The molecular formula is C16H20N4O3. The molecule has 0 atom stereocenters. The second-order valence-electron chi connectivity index (χ2n) is 5.40. The lowest BCUT2D eigenvalue weighted by atomic mass is 10.3. The lowest BCUT2D eigenvalue weighted by Crippen LogP contribution is -2.41. The van der Waals surface area contributed by atoms with Crippen molar-refractivity contribution in [3.05, 3.63) is 35.9 Å². The van der Waals surface area contributed by atoms with Crippen LogP contribution in [-0.4, -0.2) is 58.9 Å². The second kappa shape index (κ2) is 6.78. The van der Waals surface area contributed by atoms with Crippen LogP contribution in [0, 0.1) is 0 Å². The van der Waals surface area contributed by atoms with E-state index in [-0.39, 0.29) is 17.6 Å². The summed E-state index contributed by atoms with van der Waals surface area (Å²) in [5.74, 6) is -0.189. The van der Waals surface area contributed by atoms with Crippen molar-refractivity contribution in [3.8, 4) is 0 Å². The number of carbonyl (C=O) groups is 2. The number of amides is 2. The van der Waals surface area contributed by atoms with Gasteiger partial charge in [0, 0.05) is 25.8 Å². The highest BCUT2D eigenvalue weighted by Gasteiger charge is 2.26. The van der Waals surface area contributed by atoms with E-state index in [9.17, 15) is 9.59 Å². The van der Waals surface area contributed by atoms with Crippen molar-refractivity contribution in [2.45, 2.75) is 13.3 Å². The molecule has 2 amide bonds. The van der Waals surface area contributed by atoms with Gasteiger partial charge in [-0.1, -0.05) is 13.0 Å². The Balaban J connectivity index is 1.97. The first kappa shape index (κ1) is 15.5. The van der Waals surface area contributed by atoms with Gasteiger partial charge in [0.05, 0.1) is 18.7 Å². The number of rotatable bonds is 4.